The molecule has 2 fully saturated rings. The average molecular weight is 361 g/mol. The molecule has 1 N–H and O–H groups in total. The molecule has 6 heteroatoms. The predicted octanol–water partition coefficient (Wildman–Crippen LogP) is 2.01. The molecule has 0 saturated carbocycles. The van der Waals surface area contributed by atoms with Crippen LogP contribution in [0.25, 0.3) is 0 Å². The number of rotatable bonds is 6. The highest BCUT2D eigenvalue weighted by atomic mass is 16.5. The van der Waals surface area contributed by atoms with Crippen molar-refractivity contribution >= 4 is 6.03 Å². The van der Waals surface area contributed by atoms with Gasteiger partial charge in [0, 0.05) is 45.3 Å². The Morgan fingerprint density at radius 1 is 1.15 bits per heavy atom. The van der Waals surface area contributed by atoms with Crippen LogP contribution < -0.4 is 10.1 Å². The first-order chi connectivity index (χ1) is 12.7. The van der Waals surface area contributed by atoms with Gasteiger partial charge < -0.3 is 15.0 Å². The van der Waals surface area contributed by atoms with Gasteiger partial charge in [0.2, 0.25) is 0 Å². The molecule has 26 heavy (non-hydrogen) atoms. The second-order valence-corrected chi connectivity index (χ2v) is 7.39. The van der Waals surface area contributed by atoms with Crippen molar-refractivity contribution in [3.8, 4) is 5.75 Å². The Hall–Kier alpha value is -1.79. The second kappa shape index (κ2) is 9.24. The summed E-state index contributed by atoms with van der Waals surface area (Å²) in [6, 6.07) is 8.71. The zero-order valence-corrected chi connectivity index (χ0v) is 16.1. The number of carbonyl (C=O) groups excluding carboxylic acids is 1. The minimum absolute atomic E-state index is 0.0806. The third kappa shape index (κ3) is 5.11. The van der Waals surface area contributed by atoms with E-state index in [0.717, 1.165) is 45.0 Å². The van der Waals surface area contributed by atoms with Crippen molar-refractivity contribution in [1.82, 2.24) is 20.0 Å². The maximum absolute atomic E-state index is 12.4. The number of urea groups is 1. The van der Waals surface area contributed by atoms with E-state index in [-0.39, 0.29) is 6.03 Å². The minimum Gasteiger partial charge on any atom is -0.497 e. The van der Waals surface area contributed by atoms with Crippen molar-refractivity contribution in [1.29, 1.82) is 0 Å². The number of nitrogens with zero attached hydrogens (tertiary/aromatic N) is 3. The number of benzene rings is 1. The van der Waals surface area contributed by atoms with Gasteiger partial charge in [0.05, 0.1) is 7.11 Å². The first-order valence-electron chi connectivity index (χ1n) is 9.78. The summed E-state index contributed by atoms with van der Waals surface area (Å²) in [7, 11) is 1.70. The molecular formula is C20H32N4O2. The molecule has 6 nitrogen and oxygen atoms in total. The molecule has 0 aliphatic carbocycles. The summed E-state index contributed by atoms with van der Waals surface area (Å²) in [5, 5.41) is 3.12. The molecule has 1 aromatic carbocycles. The Morgan fingerprint density at radius 2 is 1.88 bits per heavy atom. The van der Waals surface area contributed by atoms with E-state index in [2.05, 4.69) is 34.2 Å². The normalized spacial score (nSPS) is 20.2. The molecule has 2 amide bonds. The van der Waals surface area contributed by atoms with E-state index in [9.17, 15) is 4.79 Å². The maximum Gasteiger partial charge on any atom is 0.317 e. The lowest BCUT2D eigenvalue weighted by atomic mass is 10.2. The molecule has 0 spiro atoms. The van der Waals surface area contributed by atoms with Gasteiger partial charge in [0.15, 0.2) is 0 Å². The van der Waals surface area contributed by atoms with Crippen LogP contribution in [0, 0.1) is 0 Å². The summed E-state index contributed by atoms with van der Waals surface area (Å²) in [5.74, 6) is 0.896. The van der Waals surface area contributed by atoms with Crippen molar-refractivity contribution in [3.05, 3.63) is 29.8 Å². The molecule has 144 valence electrons. The molecular weight excluding hydrogens is 328 g/mol. The van der Waals surface area contributed by atoms with Crippen LogP contribution >= 0.6 is 0 Å². The number of methoxy groups -OCH3 is 1. The van der Waals surface area contributed by atoms with Gasteiger partial charge in [0.25, 0.3) is 0 Å². The Balaban J connectivity index is 1.39. The van der Waals surface area contributed by atoms with E-state index < -0.39 is 0 Å². The smallest absolute Gasteiger partial charge is 0.317 e. The van der Waals surface area contributed by atoms with Crippen LogP contribution in [0.1, 0.15) is 25.3 Å². The van der Waals surface area contributed by atoms with Gasteiger partial charge in [0.1, 0.15) is 5.75 Å². The lowest BCUT2D eigenvalue weighted by Crippen LogP contribution is -2.53. The van der Waals surface area contributed by atoms with E-state index >= 15 is 0 Å². The molecule has 0 bridgehead atoms. The van der Waals surface area contributed by atoms with Crippen molar-refractivity contribution in [2.45, 2.75) is 32.4 Å². The van der Waals surface area contributed by atoms with Gasteiger partial charge in [-0.05, 0) is 50.6 Å². The SMILES string of the molecule is COc1cccc(CN2CCN(C(=O)NCC(C)N3CCCC3)CC2)c1. The highest BCUT2D eigenvalue weighted by Crippen LogP contribution is 2.15. The van der Waals surface area contributed by atoms with Crippen molar-refractivity contribution in [2.24, 2.45) is 0 Å². The number of carbonyl (C=O) groups is 1. The van der Waals surface area contributed by atoms with Gasteiger partial charge >= 0.3 is 6.03 Å². The molecule has 1 atom stereocenters. The summed E-state index contributed by atoms with van der Waals surface area (Å²) < 4.78 is 5.29. The van der Waals surface area contributed by atoms with Gasteiger partial charge in [-0.1, -0.05) is 12.1 Å². The van der Waals surface area contributed by atoms with Gasteiger partial charge in [-0.15, -0.1) is 0 Å². The van der Waals surface area contributed by atoms with Gasteiger partial charge in [-0.25, -0.2) is 4.79 Å². The molecule has 1 unspecified atom stereocenters. The minimum atomic E-state index is 0.0806. The lowest BCUT2D eigenvalue weighted by Gasteiger charge is -2.35. The molecule has 2 aliphatic rings. The number of ether oxygens (including phenoxy) is 1. The van der Waals surface area contributed by atoms with Gasteiger partial charge in [-0.2, -0.15) is 0 Å². The van der Waals surface area contributed by atoms with Crippen LogP contribution in [0.2, 0.25) is 0 Å². The van der Waals surface area contributed by atoms with Crippen LogP contribution in [0.3, 0.4) is 0 Å². The summed E-state index contributed by atoms with van der Waals surface area (Å²) >= 11 is 0. The standard InChI is InChI=1S/C20H32N4O2/c1-17(23-8-3-4-9-23)15-21-20(25)24-12-10-22(11-13-24)16-18-6-5-7-19(14-18)26-2/h5-7,14,17H,3-4,8-13,15-16H2,1-2H3,(H,21,25). The summed E-state index contributed by atoms with van der Waals surface area (Å²) in [4.78, 5) is 19.2. The lowest BCUT2D eigenvalue weighted by molar-refractivity contribution is 0.133. The van der Waals surface area contributed by atoms with E-state index in [0.29, 0.717) is 6.04 Å². The number of amides is 2. The van der Waals surface area contributed by atoms with Crippen molar-refractivity contribution in [3.63, 3.8) is 0 Å². The summed E-state index contributed by atoms with van der Waals surface area (Å²) in [6.07, 6.45) is 2.57. The fourth-order valence-corrected chi connectivity index (χ4v) is 3.80. The van der Waals surface area contributed by atoms with Crippen molar-refractivity contribution in [2.75, 3.05) is 52.9 Å². The topological polar surface area (TPSA) is 48.1 Å². The van der Waals surface area contributed by atoms with Crippen LogP contribution in [-0.2, 0) is 6.54 Å². The van der Waals surface area contributed by atoms with E-state index in [1.165, 1.54) is 31.5 Å². The number of nitrogens with one attached hydrogen (secondary N) is 1. The van der Waals surface area contributed by atoms with Crippen LogP contribution in [0.15, 0.2) is 24.3 Å². The largest absolute Gasteiger partial charge is 0.497 e. The molecule has 2 heterocycles. The Bertz CT molecular complexity index is 581. The Morgan fingerprint density at radius 3 is 2.58 bits per heavy atom. The highest BCUT2D eigenvalue weighted by Gasteiger charge is 2.23. The molecule has 2 aliphatic heterocycles. The Labute approximate surface area is 157 Å². The van der Waals surface area contributed by atoms with E-state index in [1.54, 1.807) is 7.11 Å². The number of piperazine rings is 1. The molecule has 0 radical (unpaired) electrons. The maximum atomic E-state index is 12.4. The van der Waals surface area contributed by atoms with Crippen LogP contribution in [0.5, 0.6) is 5.75 Å². The summed E-state index contributed by atoms with van der Waals surface area (Å²) in [6.45, 7) is 9.57. The monoisotopic (exact) mass is 360 g/mol. The van der Waals surface area contributed by atoms with Crippen LogP contribution in [0.4, 0.5) is 4.79 Å². The third-order valence-electron chi connectivity index (χ3n) is 5.51. The highest BCUT2D eigenvalue weighted by molar-refractivity contribution is 5.74. The summed E-state index contributed by atoms with van der Waals surface area (Å²) in [5.41, 5.74) is 1.25. The quantitative estimate of drug-likeness (QED) is 0.843. The second-order valence-electron chi connectivity index (χ2n) is 7.39. The van der Waals surface area contributed by atoms with Gasteiger partial charge in [-0.3, -0.25) is 9.80 Å². The number of hydrogen-bond acceptors (Lipinski definition) is 4. The third-order valence-corrected chi connectivity index (χ3v) is 5.51. The van der Waals surface area contributed by atoms with Crippen LogP contribution in [-0.4, -0.2) is 79.7 Å². The fraction of sp³-hybridized carbons (Fsp3) is 0.650. The Kier molecular flexibility index (Phi) is 6.74. The van der Waals surface area contributed by atoms with E-state index in [1.807, 2.05) is 17.0 Å². The molecule has 2 saturated heterocycles. The molecule has 1 aromatic rings. The first kappa shape index (κ1) is 19.0. The zero-order chi connectivity index (χ0) is 18.4. The zero-order valence-electron chi connectivity index (χ0n) is 16.1. The number of likely N-dealkylation sites (tertiary alicyclic amines) is 1. The molecule has 0 aromatic heterocycles. The number of hydrogen-bond donors (Lipinski definition) is 1. The van der Waals surface area contributed by atoms with Crippen molar-refractivity contribution < 1.29 is 9.53 Å². The van der Waals surface area contributed by atoms with E-state index in [4.69, 9.17) is 4.74 Å². The molecule has 3 rings (SSSR count). The average Bonchev–Trinajstić information content (AvgIpc) is 3.21. The predicted molar refractivity (Wildman–Crippen MR) is 104 cm³/mol. The fourth-order valence-electron chi connectivity index (χ4n) is 3.80. The first-order valence-corrected chi connectivity index (χ1v) is 9.78.